The number of hydrogen-bond donors (Lipinski definition) is 2. The lowest BCUT2D eigenvalue weighted by molar-refractivity contribution is 0.629. The first-order valence-corrected chi connectivity index (χ1v) is 6.78. The second-order valence-corrected chi connectivity index (χ2v) is 5.16. The third kappa shape index (κ3) is 3.07. The largest absolute Gasteiger partial charge is 0.368 e. The summed E-state index contributed by atoms with van der Waals surface area (Å²) in [5.41, 5.74) is 5.65. The fourth-order valence-electron chi connectivity index (χ4n) is 2.10. The summed E-state index contributed by atoms with van der Waals surface area (Å²) < 4.78 is 13.2. The van der Waals surface area contributed by atoms with Gasteiger partial charge in [-0.05, 0) is 18.2 Å². The summed E-state index contributed by atoms with van der Waals surface area (Å²) in [6.45, 7) is 0. The van der Waals surface area contributed by atoms with E-state index in [1.807, 2.05) is 0 Å². The second-order valence-electron chi connectivity index (χ2n) is 5.16. The molecule has 0 aliphatic heterocycles. The first kappa shape index (κ1) is 14.8. The van der Waals surface area contributed by atoms with Crippen molar-refractivity contribution in [2.45, 2.75) is 6.42 Å². The summed E-state index contributed by atoms with van der Waals surface area (Å²) >= 11 is 0. The fourth-order valence-corrected chi connectivity index (χ4v) is 2.10. The standard InChI is InChI=1S/C14H14FN7O/c1-22(2)14-20-11(19-13(16)21-14)6-10-17-9-4-3-7(15)5-8(9)12(23)18-10/h3-5H,6H2,1-2H3,(H,17,18,23)(H2,16,19,20,21). The van der Waals surface area contributed by atoms with E-state index in [1.54, 1.807) is 19.0 Å². The van der Waals surface area contributed by atoms with E-state index >= 15 is 0 Å². The van der Waals surface area contributed by atoms with Crippen LogP contribution in [-0.4, -0.2) is 39.0 Å². The van der Waals surface area contributed by atoms with Gasteiger partial charge in [-0.3, -0.25) is 4.79 Å². The average molecular weight is 315 g/mol. The Bertz CT molecular complexity index is 938. The van der Waals surface area contributed by atoms with Gasteiger partial charge in [0.1, 0.15) is 17.5 Å². The van der Waals surface area contributed by atoms with E-state index in [4.69, 9.17) is 5.73 Å². The minimum Gasteiger partial charge on any atom is -0.368 e. The van der Waals surface area contributed by atoms with E-state index in [2.05, 4.69) is 24.9 Å². The molecule has 23 heavy (non-hydrogen) atoms. The highest BCUT2D eigenvalue weighted by atomic mass is 19.1. The number of benzene rings is 1. The highest BCUT2D eigenvalue weighted by Crippen LogP contribution is 2.11. The zero-order valence-electron chi connectivity index (χ0n) is 12.5. The van der Waals surface area contributed by atoms with Crippen molar-refractivity contribution in [3.05, 3.63) is 46.0 Å². The molecule has 3 N–H and O–H groups in total. The molecular formula is C14H14FN7O. The zero-order chi connectivity index (χ0) is 16.6. The highest BCUT2D eigenvalue weighted by Gasteiger charge is 2.10. The molecular weight excluding hydrogens is 301 g/mol. The van der Waals surface area contributed by atoms with Gasteiger partial charge >= 0.3 is 0 Å². The Morgan fingerprint density at radius 1 is 1.22 bits per heavy atom. The van der Waals surface area contributed by atoms with Crippen LogP contribution in [0.4, 0.5) is 16.3 Å². The molecule has 9 heteroatoms. The molecule has 0 amide bonds. The van der Waals surface area contributed by atoms with Crippen molar-refractivity contribution < 1.29 is 4.39 Å². The van der Waals surface area contributed by atoms with Gasteiger partial charge in [0.05, 0.1) is 17.3 Å². The van der Waals surface area contributed by atoms with Crippen molar-refractivity contribution in [2.24, 2.45) is 0 Å². The third-order valence-electron chi connectivity index (χ3n) is 3.13. The number of aromatic nitrogens is 5. The lowest BCUT2D eigenvalue weighted by Gasteiger charge is -2.11. The number of rotatable bonds is 3. The number of nitrogen functional groups attached to an aromatic ring is 1. The number of nitrogens with one attached hydrogen (secondary N) is 1. The summed E-state index contributed by atoms with van der Waals surface area (Å²) in [5.74, 6) is 0.759. The van der Waals surface area contributed by atoms with Crippen molar-refractivity contribution in [1.29, 1.82) is 0 Å². The van der Waals surface area contributed by atoms with Crippen LogP contribution in [0.2, 0.25) is 0 Å². The Morgan fingerprint density at radius 2 is 2.00 bits per heavy atom. The third-order valence-corrected chi connectivity index (χ3v) is 3.13. The molecule has 0 atom stereocenters. The van der Waals surface area contributed by atoms with Crippen LogP contribution < -0.4 is 16.2 Å². The van der Waals surface area contributed by atoms with Crippen molar-refractivity contribution in [3.63, 3.8) is 0 Å². The predicted molar refractivity (Wildman–Crippen MR) is 83.7 cm³/mol. The van der Waals surface area contributed by atoms with Crippen molar-refractivity contribution in [3.8, 4) is 0 Å². The molecule has 2 aromatic heterocycles. The number of nitrogens with two attached hydrogens (primary N) is 1. The van der Waals surface area contributed by atoms with E-state index in [-0.39, 0.29) is 17.8 Å². The molecule has 0 saturated heterocycles. The highest BCUT2D eigenvalue weighted by molar-refractivity contribution is 5.77. The summed E-state index contributed by atoms with van der Waals surface area (Å²) in [6, 6.07) is 3.86. The topological polar surface area (TPSA) is 114 Å². The molecule has 0 aliphatic rings. The minimum absolute atomic E-state index is 0.0870. The van der Waals surface area contributed by atoms with Crippen LogP contribution in [0.5, 0.6) is 0 Å². The van der Waals surface area contributed by atoms with Gasteiger partial charge in [0.2, 0.25) is 11.9 Å². The van der Waals surface area contributed by atoms with E-state index in [0.29, 0.717) is 23.1 Å². The van der Waals surface area contributed by atoms with Crippen molar-refractivity contribution in [2.75, 3.05) is 24.7 Å². The van der Waals surface area contributed by atoms with Crippen LogP contribution >= 0.6 is 0 Å². The van der Waals surface area contributed by atoms with Gasteiger partial charge in [-0.25, -0.2) is 9.37 Å². The van der Waals surface area contributed by atoms with Crippen LogP contribution in [-0.2, 0) is 6.42 Å². The van der Waals surface area contributed by atoms with Gasteiger partial charge in [0.25, 0.3) is 5.56 Å². The second kappa shape index (κ2) is 5.59. The van der Waals surface area contributed by atoms with Crippen LogP contribution in [0.3, 0.4) is 0 Å². The normalized spacial score (nSPS) is 10.9. The molecule has 8 nitrogen and oxygen atoms in total. The summed E-state index contributed by atoms with van der Waals surface area (Å²) in [6.07, 6.45) is 0.177. The first-order valence-electron chi connectivity index (χ1n) is 6.78. The lowest BCUT2D eigenvalue weighted by atomic mass is 10.2. The Morgan fingerprint density at radius 3 is 2.74 bits per heavy atom. The number of hydrogen-bond acceptors (Lipinski definition) is 7. The Balaban J connectivity index is 2.02. The number of anilines is 2. The number of fused-ring (bicyclic) bond motifs is 1. The monoisotopic (exact) mass is 315 g/mol. The van der Waals surface area contributed by atoms with Gasteiger partial charge in [-0.15, -0.1) is 0 Å². The van der Waals surface area contributed by atoms with E-state index < -0.39 is 11.4 Å². The molecule has 3 rings (SSSR count). The van der Waals surface area contributed by atoms with Crippen LogP contribution in [0, 0.1) is 5.82 Å². The molecule has 3 aromatic rings. The number of halogens is 1. The van der Waals surface area contributed by atoms with Crippen molar-refractivity contribution in [1.82, 2.24) is 24.9 Å². The Hall–Kier alpha value is -3.10. The molecule has 0 unspecified atom stereocenters. The van der Waals surface area contributed by atoms with E-state index in [1.165, 1.54) is 12.1 Å². The summed E-state index contributed by atoms with van der Waals surface area (Å²) in [7, 11) is 3.56. The maximum atomic E-state index is 13.2. The molecule has 0 fully saturated rings. The minimum atomic E-state index is -0.488. The SMILES string of the molecule is CN(C)c1nc(N)nc(Cc2nc3ccc(F)cc3c(=O)[nH]2)n1. The number of nitrogens with zero attached hydrogens (tertiary/aromatic N) is 5. The van der Waals surface area contributed by atoms with Crippen LogP contribution in [0.25, 0.3) is 10.9 Å². The zero-order valence-corrected chi connectivity index (χ0v) is 12.5. The molecule has 0 spiro atoms. The predicted octanol–water partition coefficient (Wildman–Crippen LogP) is 0.486. The maximum Gasteiger partial charge on any atom is 0.258 e. The van der Waals surface area contributed by atoms with Crippen molar-refractivity contribution >= 4 is 22.8 Å². The van der Waals surface area contributed by atoms with Gasteiger partial charge < -0.3 is 15.6 Å². The Labute approximate surface area is 130 Å². The number of aromatic amines is 1. The lowest BCUT2D eigenvalue weighted by Crippen LogP contribution is -2.17. The molecule has 0 aliphatic carbocycles. The quantitative estimate of drug-likeness (QED) is 0.723. The Kier molecular flexibility index (Phi) is 3.61. The molecule has 2 heterocycles. The smallest absolute Gasteiger partial charge is 0.258 e. The molecule has 1 aromatic carbocycles. The average Bonchev–Trinajstić information content (AvgIpc) is 2.47. The van der Waals surface area contributed by atoms with Gasteiger partial charge in [0.15, 0.2) is 0 Å². The summed E-state index contributed by atoms with van der Waals surface area (Å²) in [4.78, 5) is 32.9. The molecule has 0 radical (unpaired) electrons. The van der Waals surface area contributed by atoms with E-state index in [9.17, 15) is 9.18 Å². The molecule has 0 bridgehead atoms. The molecule has 118 valence electrons. The molecule has 0 saturated carbocycles. The maximum absolute atomic E-state index is 13.2. The van der Waals surface area contributed by atoms with E-state index in [0.717, 1.165) is 6.07 Å². The van der Waals surface area contributed by atoms with Crippen LogP contribution in [0.15, 0.2) is 23.0 Å². The van der Waals surface area contributed by atoms with Gasteiger partial charge in [-0.2, -0.15) is 15.0 Å². The first-order chi connectivity index (χ1) is 10.9. The number of H-pyrrole nitrogens is 1. The van der Waals surface area contributed by atoms with Gasteiger partial charge in [-0.1, -0.05) is 0 Å². The van der Waals surface area contributed by atoms with Crippen LogP contribution in [0.1, 0.15) is 11.6 Å². The summed E-state index contributed by atoms with van der Waals surface area (Å²) in [5, 5.41) is 0.192. The fraction of sp³-hybridized carbons (Fsp3) is 0.214. The van der Waals surface area contributed by atoms with Gasteiger partial charge in [0, 0.05) is 14.1 Å².